The molecule has 1 aromatic heterocycles. The Bertz CT molecular complexity index is 526. The number of amides is 1. The topological polar surface area (TPSA) is 89.5 Å². The van der Waals surface area contributed by atoms with E-state index in [9.17, 15) is 14.7 Å². The molecule has 0 saturated carbocycles. The van der Waals surface area contributed by atoms with Crippen molar-refractivity contribution in [3.05, 3.63) is 17.5 Å². The third kappa shape index (κ3) is 3.60. The highest BCUT2D eigenvalue weighted by Crippen LogP contribution is 2.13. The number of carbonyl (C=O) groups excluding carboxylic acids is 1. The maximum atomic E-state index is 12.4. The lowest BCUT2D eigenvalue weighted by molar-refractivity contribution is -0.144. The van der Waals surface area contributed by atoms with Gasteiger partial charge in [0.25, 0.3) is 5.91 Å². The van der Waals surface area contributed by atoms with Gasteiger partial charge < -0.3 is 10.0 Å². The summed E-state index contributed by atoms with van der Waals surface area (Å²) >= 11 is 0. The van der Waals surface area contributed by atoms with Gasteiger partial charge in [-0.3, -0.25) is 19.6 Å². The number of hydrogen-bond acceptors (Lipinski definition) is 4. The van der Waals surface area contributed by atoms with Crippen LogP contribution in [0.4, 0.5) is 0 Å². The molecule has 0 bridgehead atoms. The van der Waals surface area contributed by atoms with Crippen LogP contribution in [0.3, 0.4) is 0 Å². The van der Waals surface area contributed by atoms with Gasteiger partial charge >= 0.3 is 5.97 Å². The summed E-state index contributed by atoms with van der Waals surface area (Å²) in [6, 6.07) is 1.10. The third-order valence-electron chi connectivity index (χ3n) is 3.70. The Morgan fingerprint density at radius 2 is 2.19 bits per heavy atom. The van der Waals surface area contributed by atoms with Crippen LogP contribution in [0.2, 0.25) is 0 Å². The molecule has 2 heterocycles. The number of likely N-dealkylation sites (N-methyl/N-ethyl adjacent to an activating group) is 1. The van der Waals surface area contributed by atoms with Gasteiger partial charge in [-0.25, -0.2) is 0 Å². The molecule has 1 atom stereocenters. The highest BCUT2D eigenvalue weighted by molar-refractivity contribution is 5.93. The molecular formula is C14H22N4O3. The second kappa shape index (κ2) is 6.26. The second-order valence-corrected chi connectivity index (χ2v) is 5.96. The minimum atomic E-state index is -0.905. The van der Waals surface area contributed by atoms with Crippen molar-refractivity contribution in [2.75, 3.05) is 26.7 Å². The van der Waals surface area contributed by atoms with Crippen molar-refractivity contribution in [2.24, 2.45) is 5.92 Å². The fourth-order valence-electron chi connectivity index (χ4n) is 2.50. The predicted octanol–water partition coefficient (Wildman–Crippen LogP) is 0.449. The number of rotatable bonds is 4. The molecule has 0 aliphatic carbocycles. The molecule has 1 aliphatic heterocycles. The van der Waals surface area contributed by atoms with Crippen LogP contribution in [0.1, 0.15) is 30.0 Å². The molecule has 116 valence electrons. The van der Waals surface area contributed by atoms with Gasteiger partial charge in [0, 0.05) is 25.3 Å². The first-order valence-corrected chi connectivity index (χ1v) is 7.15. The molecule has 7 heteroatoms. The molecule has 2 N–H and O–H groups in total. The minimum absolute atomic E-state index is 0.192. The highest BCUT2D eigenvalue weighted by atomic mass is 16.4. The lowest BCUT2D eigenvalue weighted by atomic mass is 10.1. The van der Waals surface area contributed by atoms with Crippen LogP contribution in [0, 0.1) is 5.92 Å². The van der Waals surface area contributed by atoms with E-state index in [0.29, 0.717) is 24.7 Å². The molecule has 1 amide bonds. The van der Waals surface area contributed by atoms with Crippen molar-refractivity contribution in [1.29, 1.82) is 0 Å². The first kappa shape index (κ1) is 15.5. The van der Waals surface area contributed by atoms with E-state index in [0.717, 1.165) is 12.1 Å². The van der Waals surface area contributed by atoms with Crippen molar-refractivity contribution >= 4 is 11.9 Å². The molecule has 2 rings (SSSR count). The summed E-state index contributed by atoms with van der Waals surface area (Å²) in [7, 11) is 1.76. The summed E-state index contributed by atoms with van der Waals surface area (Å²) in [5.41, 5.74) is 1.29. The van der Waals surface area contributed by atoms with Crippen LogP contribution >= 0.6 is 0 Å². The molecule has 0 spiro atoms. The molecule has 7 nitrogen and oxygen atoms in total. The normalized spacial score (nSPS) is 20.0. The first-order chi connectivity index (χ1) is 9.88. The van der Waals surface area contributed by atoms with Gasteiger partial charge in [-0.15, -0.1) is 0 Å². The number of aliphatic carboxylic acids is 1. The molecule has 1 aromatic rings. The summed E-state index contributed by atoms with van der Waals surface area (Å²) in [6.07, 6.45) is 0.834. The third-order valence-corrected chi connectivity index (χ3v) is 3.70. The smallest absolute Gasteiger partial charge is 0.322 e. The van der Waals surface area contributed by atoms with E-state index < -0.39 is 12.0 Å². The number of piperazine rings is 1. The Kier molecular flexibility index (Phi) is 4.62. The Morgan fingerprint density at radius 1 is 1.48 bits per heavy atom. The monoisotopic (exact) mass is 294 g/mol. The number of H-pyrrole nitrogens is 1. The van der Waals surface area contributed by atoms with E-state index in [1.807, 2.05) is 0 Å². The molecule has 1 saturated heterocycles. The maximum Gasteiger partial charge on any atom is 0.322 e. The van der Waals surface area contributed by atoms with Crippen LogP contribution in [0.25, 0.3) is 0 Å². The number of carbonyl (C=O) groups is 2. The summed E-state index contributed by atoms with van der Waals surface area (Å²) in [5, 5.41) is 16.1. The van der Waals surface area contributed by atoms with Crippen LogP contribution in [0.5, 0.6) is 0 Å². The highest BCUT2D eigenvalue weighted by Gasteiger charge is 2.33. The quantitative estimate of drug-likeness (QED) is 0.841. The van der Waals surface area contributed by atoms with E-state index in [-0.39, 0.29) is 12.5 Å². The number of hydrogen-bond donors (Lipinski definition) is 2. The van der Waals surface area contributed by atoms with Gasteiger partial charge in [-0.2, -0.15) is 5.10 Å². The van der Waals surface area contributed by atoms with Gasteiger partial charge in [0.05, 0.1) is 0 Å². The van der Waals surface area contributed by atoms with Gasteiger partial charge in [0.15, 0.2) is 0 Å². The molecule has 1 aliphatic rings. The zero-order chi connectivity index (χ0) is 15.6. The van der Waals surface area contributed by atoms with Crippen LogP contribution < -0.4 is 0 Å². The molecule has 0 aromatic carbocycles. The Balaban J connectivity index is 2.06. The number of aromatic amines is 1. The summed E-state index contributed by atoms with van der Waals surface area (Å²) in [5.74, 6) is -0.633. The fraction of sp³-hybridized carbons (Fsp3) is 0.643. The number of nitrogens with zero attached hydrogens (tertiary/aromatic N) is 3. The van der Waals surface area contributed by atoms with Crippen molar-refractivity contribution < 1.29 is 14.7 Å². The largest absolute Gasteiger partial charge is 0.480 e. The maximum absolute atomic E-state index is 12.4. The standard InChI is InChI=1S/C14H22N4O3/c1-9(2)6-10-7-11(16-15-10)13(19)18-5-4-17(3)12(8-18)14(20)21/h7,9,12H,4-6,8H2,1-3H3,(H,15,16)(H,20,21)/t12-/m0/s1. The van der Waals surface area contributed by atoms with Crippen molar-refractivity contribution in [2.45, 2.75) is 26.3 Å². The molecule has 1 fully saturated rings. The average molecular weight is 294 g/mol. The van der Waals surface area contributed by atoms with Crippen molar-refractivity contribution in [3.8, 4) is 0 Å². The van der Waals surface area contributed by atoms with Gasteiger partial charge in [-0.1, -0.05) is 13.8 Å². The SMILES string of the molecule is CC(C)Cc1cc(C(=O)N2CCN(C)[C@H](C(=O)O)C2)n[nH]1. The van der Waals surface area contributed by atoms with Crippen LogP contribution in [0.15, 0.2) is 6.07 Å². The van der Waals surface area contributed by atoms with E-state index in [1.54, 1.807) is 22.9 Å². The lowest BCUT2D eigenvalue weighted by Crippen LogP contribution is -2.56. The number of nitrogens with one attached hydrogen (secondary N) is 1. The average Bonchev–Trinajstić information content (AvgIpc) is 2.85. The minimum Gasteiger partial charge on any atom is -0.480 e. The number of aromatic nitrogens is 2. The van der Waals surface area contributed by atoms with Crippen molar-refractivity contribution in [3.63, 3.8) is 0 Å². The molecule has 0 unspecified atom stereocenters. The van der Waals surface area contributed by atoms with Crippen LogP contribution in [-0.4, -0.2) is 69.7 Å². The number of carboxylic acids is 1. The lowest BCUT2D eigenvalue weighted by Gasteiger charge is -2.36. The predicted molar refractivity (Wildman–Crippen MR) is 77.1 cm³/mol. The Labute approximate surface area is 123 Å². The van der Waals surface area contributed by atoms with E-state index in [4.69, 9.17) is 0 Å². The van der Waals surface area contributed by atoms with E-state index >= 15 is 0 Å². The Hall–Kier alpha value is -1.89. The second-order valence-electron chi connectivity index (χ2n) is 5.96. The van der Waals surface area contributed by atoms with Crippen LogP contribution in [-0.2, 0) is 11.2 Å². The molecular weight excluding hydrogens is 272 g/mol. The summed E-state index contributed by atoms with van der Waals surface area (Å²) in [6.45, 7) is 5.45. The molecule has 0 radical (unpaired) electrons. The number of carboxylic acid groups (broad SMARTS) is 1. The molecule has 21 heavy (non-hydrogen) atoms. The zero-order valence-electron chi connectivity index (χ0n) is 12.7. The van der Waals surface area contributed by atoms with E-state index in [2.05, 4.69) is 24.0 Å². The first-order valence-electron chi connectivity index (χ1n) is 7.15. The van der Waals surface area contributed by atoms with Gasteiger partial charge in [0.1, 0.15) is 11.7 Å². The summed E-state index contributed by atoms with van der Waals surface area (Å²) in [4.78, 5) is 26.9. The fourth-order valence-corrected chi connectivity index (χ4v) is 2.50. The van der Waals surface area contributed by atoms with Gasteiger partial charge in [-0.05, 0) is 25.5 Å². The van der Waals surface area contributed by atoms with Crippen molar-refractivity contribution in [1.82, 2.24) is 20.0 Å². The Morgan fingerprint density at radius 3 is 2.81 bits per heavy atom. The van der Waals surface area contributed by atoms with Gasteiger partial charge in [0.2, 0.25) is 0 Å². The summed E-state index contributed by atoms with van der Waals surface area (Å²) < 4.78 is 0. The zero-order valence-corrected chi connectivity index (χ0v) is 12.7. The van der Waals surface area contributed by atoms with E-state index in [1.165, 1.54) is 0 Å².